The third-order valence-electron chi connectivity index (χ3n) is 2.75. The highest BCUT2D eigenvalue weighted by molar-refractivity contribution is 5.83. The minimum Gasteiger partial charge on any atom is -0.361 e. The SMILES string of the molecule is c1ccc2c(CC3OCCO3)c[nH]c2c1. The molecule has 2 aromatic rings. The summed E-state index contributed by atoms with van der Waals surface area (Å²) in [4.78, 5) is 3.25. The van der Waals surface area contributed by atoms with E-state index in [9.17, 15) is 0 Å². The monoisotopic (exact) mass is 203 g/mol. The van der Waals surface area contributed by atoms with Crippen LogP contribution in [0.3, 0.4) is 0 Å². The Balaban J connectivity index is 1.90. The van der Waals surface area contributed by atoms with E-state index < -0.39 is 0 Å². The summed E-state index contributed by atoms with van der Waals surface area (Å²) < 4.78 is 10.9. The van der Waals surface area contributed by atoms with Gasteiger partial charge in [0.1, 0.15) is 0 Å². The first kappa shape index (κ1) is 8.95. The van der Waals surface area contributed by atoms with Crippen LogP contribution in [0.2, 0.25) is 0 Å². The summed E-state index contributed by atoms with van der Waals surface area (Å²) in [5, 5.41) is 1.26. The van der Waals surface area contributed by atoms with E-state index in [0.29, 0.717) is 13.2 Å². The van der Waals surface area contributed by atoms with E-state index in [0.717, 1.165) is 6.42 Å². The molecule has 1 aromatic carbocycles. The van der Waals surface area contributed by atoms with Crippen molar-refractivity contribution >= 4 is 10.9 Å². The number of hydrogen-bond donors (Lipinski definition) is 1. The lowest BCUT2D eigenvalue weighted by atomic mass is 10.1. The fraction of sp³-hybridized carbons (Fsp3) is 0.333. The molecule has 2 heterocycles. The van der Waals surface area contributed by atoms with Gasteiger partial charge in [-0.3, -0.25) is 0 Å². The lowest BCUT2D eigenvalue weighted by Gasteiger charge is -2.07. The maximum Gasteiger partial charge on any atom is 0.161 e. The summed E-state index contributed by atoms with van der Waals surface area (Å²) in [7, 11) is 0. The molecule has 0 unspecified atom stereocenters. The number of rotatable bonds is 2. The van der Waals surface area contributed by atoms with Crippen molar-refractivity contribution in [3.63, 3.8) is 0 Å². The van der Waals surface area contributed by atoms with Crippen LogP contribution in [-0.4, -0.2) is 24.5 Å². The first-order chi connectivity index (χ1) is 7.43. The molecule has 78 valence electrons. The summed E-state index contributed by atoms with van der Waals surface area (Å²) >= 11 is 0. The van der Waals surface area contributed by atoms with Crippen molar-refractivity contribution in [1.29, 1.82) is 0 Å². The number of ether oxygens (including phenoxy) is 2. The zero-order valence-corrected chi connectivity index (χ0v) is 8.40. The second kappa shape index (κ2) is 3.68. The van der Waals surface area contributed by atoms with Gasteiger partial charge >= 0.3 is 0 Å². The van der Waals surface area contributed by atoms with Gasteiger partial charge in [-0.25, -0.2) is 0 Å². The standard InChI is InChI=1S/C12H13NO2/c1-2-4-11-10(3-1)9(8-13-11)7-12-14-5-6-15-12/h1-4,8,12-13H,5-7H2. The third kappa shape index (κ3) is 1.64. The number of hydrogen-bond acceptors (Lipinski definition) is 2. The molecule has 1 aliphatic rings. The molecule has 3 heteroatoms. The van der Waals surface area contributed by atoms with Crippen molar-refractivity contribution in [3.8, 4) is 0 Å². The molecule has 0 spiro atoms. The average Bonchev–Trinajstić information content (AvgIpc) is 2.89. The molecular weight excluding hydrogens is 190 g/mol. The molecule has 0 saturated carbocycles. The Morgan fingerprint density at radius 1 is 1.20 bits per heavy atom. The molecule has 3 nitrogen and oxygen atoms in total. The Labute approximate surface area is 88.0 Å². The Kier molecular flexibility index (Phi) is 2.19. The van der Waals surface area contributed by atoms with E-state index in [1.54, 1.807) is 0 Å². The van der Waals surface area contributed by atoms with Gasteiger partial charge in [-0.15, -0.1) is 0 Å². The predicted molar refractivity (Wildman–Crippen MR) is 57.7 cm³/mol. The van der Waals surface area contributed by atoms with Crippen molar-refractivity contribution in [2.75, 3.05) is 13.2 Å². The number of fused-ring (bicyclic) bond motifs is 1. The first-order valence-corrected chi connectivity index (χ1v) is 5.22. The summed E-state index contributed by atoms with van der Waals surface area (Å²) in [5.41, 5.74) is 2.43. The summed E-state index contributed by atoms with van der Waals surface area (Å²) in [5.74, 6) is 0. The molecule has 0 atom stereocenters. The van der Waals surface area contributed by atoms with Gasteiger partial charge in [0.25, 0.3) is 0 Å². The molecule has 1 N–H and O–H groups in total. The van der Waals surface area contributed by atoms with E-state index in [4.69, 9.17) is 9.47 Å². The molecule has 0 amide bonds. The maximum atomic E-state index is 5.44. The van der Waals surface area contributed by atoms with E-state index in [2.05, 4.69) is 23.2 Å². The zero-order valence-electron chi connectivity index (χ0n) is 8.40. The smallest absolute Gasteiger partial charge is 0.161 e. The van der Waals surface area contributed by atoms with Gasteiger partial charge in [-0.1, -0.05) is 18.2 Å². The second-order valence-electron chi connectivity index (χ2n) is 3.73. The van der Waals surface area contributed by atoms with Gasteiger partial charge in [0, 0.05) is 23.5 Å². The van der Waals surface area contributed by atoms with Gasteiger partial charge in [0.2, 0.25) is 0 Å². The first-order valence-electron chi connectivity index (χ1n) is 5.22. The van der Waals surface area contributed by atoms with Crippen LogP contribution in [0.25, 0.3) is 10.9 Å². The van der Waals surface area contributed by atoms with Crippen molar-refractivity contribution in [1.82, 2.24) is 4.98 Å². The highest BCUT2D eigenvalue weighted by atomic mass is 16.7. The van der Waals surface area contributed by atoms with Crippen LogP contribution in [0.1, 0.15) is 5.56 Å². The van der Waals surface area contributed by atoms with Crippen molar-refractivity contribution in [3.05, 3.63) is 36.0 Å². The fourth-order valence-corrected chi connectivity index (χ4v) is 2.01. The van der Waals surface area contributed by atoms with Crippen LogP contribution in [0.5, 0.6) is 0 Å². The molecule has 0 aliphatic carbocycles. The maximum absolute atomic E-state index is 5.44. The van der Waals surface area contributed by atoms with Crippen LogP contribution < -0.4 is 0 Å². The Morgan fingerprint density at radius 2 is 2.00 bits per heavy atom. The van der Waals surface area contributed by atoms with E-state index in [1.165, 1.54) is 16.5 Å². The molecule has 15 heavy (non-hydrogen) atoms. The number of nitrogens with one attached hydrogen (secondary N) is 1. The minimum atomic E-state index is -0.0655. The molecule has 3 rings (SSSR count). The largest absolute Gasteiger partial charge is 0.361 e. The Hall–Kier alpha value is -1.32. The molecule has 1 fully saturated rings. The Morgan fingerprint density at radius 3 is 2.87 bits per heavy atom. The summed E-state index contributed by atoms with van der Waals surface area (Å²) in [6.45, 7) is 1.43. The number of para-hydroxylation sites is 1. The van der Waals surface area contributed by atoms with Crippen molar-refractivity contribution in [2.45, 2.75) is 12.7 Å². The topological polar surface area (TPSA) is 34.2 Å². The quantitative estimate of drug-likeness (QED) is 0.810. The van der Waals surface area contributed by atoms with Crippen LogP contribution >= 0.6 is 0 Å². The number of aromatic nitrogens is 1. The van der Waals surface area contributed by atoms with Gasteiger partial charge in [0.15, 0.2) is 6.29 Å². The van der Waals surface area contributed by atoms with E-state index >= 15 is 0 Å². The number of H-pyrrole nitrogens is 1. The highest BCUT2D eigenvalue weighted by Gasteiger charge is 2.17. The lowest BCUT2D eigenvalue weighted by Crippen LogP contribution is -2.10. The predicted octanol–water partition coefficient (Wildman–Crippen LogP) is 2.08. The van der Waals surface area contributed by atoms with Gasteiger partial charge in [0.05, 0.1) is 13.2 Å². The lowest BCUT2D eigenvalue weighted by molar-refractivity contribution is -0.0397. The van der Waals surface area contributed by atoms with Crippen molar-refractivity contribution < 1.29 is 9.47 Å². The summed E-state index contributed by atoms with van der Waals surface area (Å²) in [6, 6.07) is 8.28. The average molecular weight is 203 g/mol. The normalized spacial score (nSPS) is 17.6. The van der Waals surface area contributed by atoms with Gasteiger partial charge < -0.3 is 14.5 Å². The van der Waals surface area contributed by atoms with Gasteiger partial charge in [-0.2, -0.15) is 0 Å². The van der Waals surface area contributed by atoms with Crippen LogP contribution in [0.15, 0.2) is 30.5 Å². The van der Waals surface area contributed by atoms with Crippen LogP contribution in [0.4, 0.5) is 0 Å². The van der Waals surface area contributed by atoms with Gasteiger partial charge in [-0.05, 0) is 11.6 Å². The Bertz CT molecular complexity index is 457. The van der Waals surface area contributed by atoms with Crippen molar-refractivity contribution in [2.24, 2.45) is 0 Å². The zero-order chi connectivity index (χ0) is 10.1. The number of benzene rings is 1. The molecule has 0 radical (unpaired) electrons. The highest BCUT2D eigenvalue weighted by Crippen LogP contribution is 2.21. The van der Waals surface area contributed by atoms with E-state index in [1.807, 2.05) is 12.3 Å². The van der Waals surface area contributed by atoms with Crippen LogP contribution in [-0.2, 0) is 15.9 Å². The molecule has 0 bridgehead atoms. The molecule has 1 saturated heterocycles. The fourth-order valence-electron chi connectivity index (χ4n) is 2.01. The summed E-state index contributed by atoms with van der Waals surface area (Å²) in [6.07, 6.45) is 2.80. The molecular formula is C12H13NO2. The van der Waals surface area contributed by atoms with E-state index in [-0.39, 0.29) is 6.29 Å². The number of aromatic amines is 1. The molecule has 1 aliphatic heterocycles. The van der Waals surface area contributed by atoms with Crippen LogP contribution in [0, 0.1) is 0 Å². The second-order valence-corrected chi connectivity index (χ2v) is 3.73. The molecule has 1 aromatic heterocycles. The third-order valence-corrected chi connectivity index (χ3v) is 2.75. The minimum absolute atomic E-state index is 0.0655.